The van der Waals surface area contributed by atoms with Crippen molar-refractivity contribution in [1.29, 1.82) is 0 Å². The number of carbonyl (C=O) groups excluding carboxylic acids is 1. The molecule has 0 spiro atoms. The van der Waals surface area contributed by atoms with Gasteiger partial charge in [-0.3, -0.25) is 4.89 Å². The molecule has 2 aromatic rings. The Balaban J connectivity index is 2.12. The lowest BCUT2D eigenvalue weighted by Gasteiger charge is -2.07. The van der Waals surface area contributed by atoms with Crippen LogP contribution in [-0.4, -0.2) is 5.97 Å². The zero-order valence-electron chi connectivity index (χ0n) is 10.5. The molecule has 3 nitrogen and oxygen atoms in total. The number of hydrogen-bond donors (Lipinski definition) is 0. The van der Waals surface area contributed by atoms with Crippen LogP contribution in [0.15, 0.2) is 67.3 Å². The Morgan fingerprint density at radius 3 is 2.68 bits per heavy atom. The summed E-state index contributed by atoms with van der Waals surface area (Å²) in [6, 6.07) is 13.2. The number of allylic oxidation sites excluding steroid dienone is 1. The predicted molar refractivity (Wildman–Crippen MR) is 74.6 cm³/mol. The molecule has 0 saturated carbocycles. The van der Waals surface area contributed by atoms with E-state index in [0.29, 0.717) is 17.7 Å². The van der Waals surface area contributed by atoms with E-state index in [1.807, 2.05) is 36.4 Å². The minimum absolute atomic E-state index is 0.301. The molecule has 0 aromatic heterocycles. The Labute approximate surface area is 111 Å². The molecule has 0 radical (unpaired) electrons. The first-order valence-corrected chi connectivity index (χ1v) is 5.87. The molecule has 0 heterocycles. The fourth-order valence-corrected chi connectivity index (χ4v) is 1.67. The Hall–Kier alpha value is -2.55. The molecule has 0 amide bonds. The summed E-state index contributed by atoms with van der Waals surface area (Å²) in [5, 5.41) is 1.90. The lowest BCUT2D eigenvalue weighted by atomic mass is 10.1. The van der Waals surface area contributed by atoms with Crippen molar-refractivity contribution in [3.8, 4) is 5.75 Å². The van der Waals surface area contributed by atoms with Gasteiger partial charge in [-0.2, -0.15) is 0 Å². The lowest BCUT2D eigenvalue weighted by molar-refractivity contribution is -0.208. The smallest absolute Gasteiger partial charge is 0.286 e. The van der Waals surface area contributed by atoms with E-state index in [9.17, 15) is 4.79 Å². The number of benzene rings is 2. The molecule has 0 fully saturated rings. The summed E-state index contributed by atoms with van der Waals surface area (Å²) in [6.45, 7) is 7.13. The minimum Gasteiger partial charge on any atom is -0.286 e. The first-order chi connectivity index (χ1) is 9.22. The van der Waals surface area contributed by atoms with E-state index in [1.54, 1.807) is 12.1 Å². The molecule has 0 aliphatic heterocycles. The van der Waals surface area contributed by atoms with Gasteiger partial charge < -0.3 is 0 Å². The second-order valence-electron chi connectivity index (χ2n) is 4.03. The van der Waals surface area contributed by atoms with Crippen LogP contribution in [0.2, 0.25) is 0 Å². The van der Waals surface area contributed by atoms with Crippen molar-refractivity contribution in [2.75, 3.05) is 0 Å². The topological polar surface area (TPSA) is 35.5 Å². The van der Waals surface area contributed by atoms with Crippen molar-refractivity contribution in [2.24, 2.45) is 0 Å². The standard InChI is InChI=1S/C16H14O3/c1-3-7-12(2)16(17)19-18-15-11-6-9-13-8-4-5-10-14(13)15/h3-6,8-11H,1-2,7H2. The number of hydrogen-bond acceptors (Lipinski definition) is 3. The van der Waals surface area contributed by atoms with E-state index < -0.39 is 5.97 Å². The van der Waals surface area contributed by atoms with Gasteiger partial charge in [0, 0.05) is 11.0 Å². The summed E-state index contributed by atoms with van der Waals surface area (Å²) in [5.41, 5.74) is 0.301. The van der Waals surface area contributed by atoms with Crippen molar-refractivity contribution < 1.29 is 14.6 Å². The van der Waals surface area contributed by atoms with Crippen LogP contribution in [0.3, 0.4) is 0 Å². The minimum atomic E-state index is -0.590. The normalized spacial score (nSPS) is 9.89. The van der Waals surface area contributed by atoms with Gasteiger partial charge in [-0.25, -0.2) is 9.68 Å². The number of carbonyl (C=O) groups is 1. The number of fused-ring (bicyclic) bond motifs is 1. The molecule has 0 atom stereocenters. The first-order valence-electron chi connectivity index (χ1n) is 5.87. The van der Waals surface area contributed by atoms with Crippen LogP contribution in [0.5, 0.6) is 5.75 Å². The van der Waals surface area contributed by atoms with Crippen molar-refractivity contribution >= 4 is 16.7 Å². The predicted octanol–water partition coefficient (Wildman–Crippen LogP) is 3.81. The van der Waals surface area contributed by atoms with Gasteiger partial charge >= 0.3 is 5.97 Å². The average Bonchev–Trinajstić information content (AvgIpc) is 2.45. The molecule has 2 rings (SSSR count). The van der Waals surface area contributed by atoms with E-state index in [2.05, 4.69) is 13.2 Å². The molecular weight excluding hydrogens is 240 g/mol. The third kappa shape index (κ3) is 3.01. The van der Waals surface area contributed by atoms with Crippen LogP contribution in [0.1, 0.15) is 6.42 Å². The summed E-state index contributed by atoms with van der Waals surface area (Å²) in [5.74, 6) is -0.0920. The summed E-state index contributed by atoms with van der Waals surface area (Å²) in [7, 11) is 0. The summed E-state index contributed by atoms with van der Waals surface area (Å²) in [4.78, 5) is 21.4. The van der Waals surface area contributed by atoms with Crippen LogP contribution >= 0.6 is 0 Å². The monoisotopic (exact) mass is 254 g/mol. The van der Waals surface area contributed by atoms with Crippen molar-refractivity contribution in [3.05, 3.63) is 67.3 Å². The van der Waals surface area contributed by atoms with Gasteiger partial charge in [0.25, 0.3) is 0 Å². The summed E-state index contributed by atoms with van der Waals surface area (Å²) in [6.07, 6.45) is 1.96. The molecular formula is C16H14O3. The van der Waals surface area contributed by atoms with Crippen LogP contribution in [0.4, 0.5) is 0 Å². The molecule has 19 heavy (non-hydrogen) atoms. The third-order valence-corrected chi connectivity index (χ3v) is 2.64. The van der Waals surface area contributed by atoms with E-state index in [0.717, 1.165) is 10.8 Å². The van der Waals surface area contributed by atoms with E-state index >= 15 is 0 Å². The van der Waals surface area contributed by atoms with Gasteiger partial charge in [0.15, 0.2) is 5.75 Å². The lowest BCUT2D eigenvalue weighted by Crippen LogP contribution is -2.09. The third-order valence-electron chi connectivity index (χ3n) is 2.64. The van der Waals surface area contributed by atoms with E-state index in [4.69, 9.17) is 9.78 Å². The van der Waals surface area contributed by atoms with Crippen LogP contribution < -0.4 is 4.89 Å². The second-order valence-corrected chi connectivity index (χ2v) is 4.03. The van der Waals surface area contributed by atoms with Gasteiger partial charge in [-0.05, 0) is 17.9 Å². The fraction of sp³-hybridized carbons (Fsp3) is 0.0625. The maximum Gasteiger partial charge on any atom is 0.381 e. The quantitative estimate of drug-likeness (QED) is 0.352. The van der Waals surface area contributed by atoms with E-state index in [-0.39, 0.29) is 0 Å². The maximum atomic E-state index is 11.5. The molecule has 0 bridgehead atoms. The SMILES string of the molecule is C=CCC(=C)C(=O)OOc1cccc2ccccc12. The van der Waals surface area contributed by atoms with Crippen molar-refractivity contribution in [2.45, 2.75) is 6.42 Å². The Morgan fingerprint density at radius 1 is 1.16 bits per heavy atom. The van der Waals surface area contributed by atoms with Crippen LogP contribution in [0.25, 0.3) is 10.8 Å². The highest BCUT2D eigenvalue weighted by Crippen LogP contribution is 2.25. The highest BCUT2D eigenvalue weighted by atomic mass is 17.2. The van der Waals surface area contributed by atoms with E-state index in [1.165, 1.54) is 0 Å². The fourth-order valence-electron chi connectivity index (χ4n) is 1.67. The van der Waals surface area contributed by atoms with Gasteiger partial charge in [0.1, 0.15) is 0 Å². The Bertz CT molecular complexity index is 623. The molecule has 2 aromatic carbocycles. The molecule has 0 saturated heterocycles. The molecule has 3 heteroatoms. The zero-order chi connectivity index (χ0) is 13.7. The maximum absolute atomic E-state index is 11.5. The average molecular weight is 254 g/mol. The van der Waals surface area contributed by atoms with Gasteiger partial charge in [-0.15, -0.1) is 6.58 Å². The molecule has 0 N–H and O–H groups in total. The van der Waals surface area contributed by atoms with Crippen molar-refractivity contribution in [3.63, 3.8) is 0 Å². The molecule has 0 unspecified atom stereocenters. The Kier molecular flexibility index (Phi) is 3.98. The van der Waals surface area contributed by atoms with Gasteiger partial charge in [-0.1, -0.05) is 49.1 Å². The second kappa shape index (κ2) is 5.87. The highest BCUT2D eigenvalue weighted by molar-refractivity contribution is 5.89. The van der Waals surface area contributed by atoms with Gasteiger partial charge in [0.05, 0.1) is 0 Å². The summed E-state index contributed by atoms with van der Waals surface area (Å²) < 4.78 is 0. The summed E-state index contributed by atoms with van der Waals surface area (Å²) >= 11 is 0. The number of rotatable bonds is 5. The highest BCUT2D eigenvalue weighted by Gasteiger charge is 2.10. The van der Waals surface area contributed by atoms with Crippen LogP contribution in [0, 0.1) is 0 Å². The molecule has 96 valence electrons. The zero-order valence-corrected chi connectivity index (χ0v) is 10.5. The Morgan fingerprint density at radius 2 is 1.89 bits per heavy atom. The largest absolute Gasteiger partial charge is 0.381 e. The molecule has 0 aliphatic rings. The van der Waals surface area contributed by atoms with Gasteiger partial charge in [0.2, 0.25) is 0 Å². The molecule has 0 aliphatic carbocycles. The van der Waals surface area contributed by atoms with Crippen LogP contribution in [-0.2, 0) is 9.68 Å². The van der Waals surface area contributed by atoms with Crippen molar-refractivity contribution in [1.82, 2.24) is 0 Å². The first kappa shape index (κ1) is 12.9.